The number of hydrogen-bond acceptors (Lipinski definition) is 4. The fraction of sp³-hybridized carbons (Fsp3) is 0.294. The number of aromatic nitrogens is 1. The van der Waals surface area contributed by atoms with Crippen LogP contribution >= 0.6 is 0 Å². The molecule has 5 heteroatoms. The first kappa shape index (κ1) is 16.0. The molecule has 0 aliphatic carbocycles. The number of carbonyl (C=O) groups excluding carboxylic acids is 1. The molecule has 22 heavy (non-hydrogen) atoms. The summed E-state index contributed by atoms with van der Waals surface area (Å²) in [7, 11) is 3.92. The number of aryl methyl sites for hydroxylation is 1. The molecule has 2 aromatic rings. The van der Waals surface area contributed by atoms with Gasteiger partial charge in [-0.25, -0.2) is 0 Å². The lowest BCUT2D eigenvalue weighted by Gasteiger charge is -2.11. The molecule has 1 N–H and O–H groups in total. The maximum atomic E-state index is 12.1. The van der Waals surface area contributed by atoms with Gasteiger partial charge in [0, 0.05) is 19.3 Å². The monoisotopic (exact) mass is 299 g/mol. The maximum absolute atomic E-state index is 12.1. The molecule has 0 radical (unpaired) electrons. The van der Waals surface area contributed by atoms with Gasteiger partial charge in [-0.3, -0.25) is 9.78 Å². The minimum atomic E-state index is -0.149. The van der Waals surface area contributed by atoms with Crippen LogP contribution in [0, 0.1) is 6.92 Å². The molecular weight excluding hydrogens is 278 g/mol. The van der Waals surface area contributed by atoms with Gasteiger partial charge in [0.05, 0.1) is 11.8 Å². The molecule has 1 aromatic heterocycles. The molecule has 1 heterocycles. The number of carbonyl (C=O) groups is 1. The number of pyridine rings is 1. The van der Waals surface area contributed by atoms with Gasteiger partial charge in [-0.1, -0.05) is 17.7 Å². The van der Waals surface area contributed by atoms with E-state index in [1.807, 2.05) is 50.2 Å². The molecule has 116 valence electrons. The summed E-state index contributed by atoms with van der Waals surface area (Å²) in [6.45, 7) is 3.40. The van der Waals surface area contributed by atoms with Gasteiger partial charge in [0.15, 0.2) is 0 Å². The zero-order chi connectivity index (χ0) is 15.9. The second-order valence-electron chi connectivity index (χ2n) is 5.38. The molecule has 0 atom stereocenters. The van der Waals surface area contributed by atoms with Crippen LogP contribution in [0.1, 0.15) is 15.9 Å². The van der Waals surface area contributed by atoms with Crippen LogP contribution < -0.4 is 10.1 Å². The van der Waals surface area contributed by atoms with E-state index in [1.54, 1.807) is 12.3 Å². The van der Waals surface area contributed by atoms with Crippen molar-refractivity contribution in [1.82, 2.24) is 15.2 Å². The minimum Gasteiger partial charge on any atom is -0.456 e. The lowest BCUT2D eigenvalue weighted by atomic mass is 10.2. The average molecular weight is 299 g/mol. The highest BCUT2D eigenvalue weighted by Crippen LogP contribution is 2.21. The third-order valence-corrected chi connectivity index (χ3v) is 3.08. The number of hydrogen-bond donors (Lipinski definition) is 1. The first-order valence-electron chi connectivity index (χ1n) is 7.17. The van der Waals surface area contributed by atoms with Crippen LogP contribution in [0.15, 0.2) is 42.7 Å². The first-order valence-corrected chi connectivity index (χ1v) is 7.17. The lowest BCUT2D eigenvalue weighted by molar-refractivity contribution is 0.0950. The Kier molecular flexibility index (Phi) is 5.49. The van der Waals surface area contributed by atoms with Crippen molar-refractivity contribution < 1.29 is 9.53 Å². The molecule has 0 aliphatic heterocycles. The molecule has 0 bridgehead atoms. The Balaban J connectivity index is 2.00. The van der Waals surface area contributed by atoms with Gasteiger partial charge in [0.25, 0.3) is 5.91 Å². The zero-order valence-electron chi connectivity index (χ0n) is 13.2. The van der Waals surface area contributed by atoms with Crippen LogP contribution in [-0.2, 0) is 0 Å². The smallest absolute Gasteiger partial charge is 0.253 e. The van der Waals surface area contributed by atoms with Crippen molar-refractivity contribution in [1.29, 1.82) is 0 Å². The predicted octanol–water partition coefficient (Wildman–Crippen LogP) is 2.47. The van der Waals surface area contributed by atoms with Crippen LogP contribution in [-0.4, -0.2) is 43.0 Å². The van der Waals surface area contributed by atoms with Crippen molar-refractivity contribution >= 4 is 5.91 Å². The summed E-state index contributed by atoms with van der Waals surface area (Å²) in [6.07, 6.45) is 3.13. The highest BCUT2D eigenvalue weighted by atomic mass is 16.5. The molecule has 0 saturated carbocycles. The Hall–Kier alpha value is -2.40. The average Bonchev–Trinajstić information content (AvgIpc) is 2.49. The van der Waals surface area contributed by atoms with Gasteiger partial charge in [0.2, 0.25) is 0 Å². The van der Waals surface area contributed by atoms with E-state index in [4.69, 9.17) is 4.74 Å². The van der Waals surface area contributed by atoms with E-state index in [0.29, 0.717) is 17.9 Å². The van der Waals surface area contributed by atoms with Crippen LogP contribution in [0.4, 0.5) is 0 Å². The van der Waals surface area contributed by atoms with Crippen molar-refractivity contribution in [2.24, 2.45) is 0 Å². The van der Waals surface area contributed by atoms with E-state index in [0.717, 1.165) is 12.3 Å². The quantitative estimate of drug-likeness (QED) is 0.890. The summed E-state index contributed by atoms with van der Waals surface area (Å²) in [6, 6.07) is 9.41. The summed E-state index contributed by atoms with van der Waals surface area (Å²) in [5, 5.41) is 2.85. The van der Waals surface area contributed by atoms with Crippen molar-refractivity contribution in [3.05, 3.63) is 53.9 Å². The van der Waals surface area contributed by atoms with Crippen molar-refractivity contribution in [3.8, 4) is 11.5 Å². The SMILES string of the molecule is Cc1ccc(Oc2cncc(C(=O)NCCN(C)C)c2)cc1. The maximum Gasteiger partial charge on any atom is 0.253 e. The number of nitrogens with zero attached hydrogens (tertiary/aromatic N) is 2. The molecule has 1 aromatic carbocycles. The molecule has 0 spiro atoms. The van der Waals surface area contributed by atoms with Crippen molar-refractivity contribution in [2.75, 3.05) is 27.2 Å². The van der Waals surface area contributed by atoms with Crippen LogP contribution in [0.2, 0.25) is 0 Å². The largest absolute Gasteiger partial charge is 0.456 e. The first-order chi connectivity index (χ1) is 10.5. The number of amides is 1. The zero-order valence-corrected chi connectivity index (χ0v) is 13.2. The minimum absolute atomic E-state index is 0.149. The highest BCUT2D eigenvalue weighted by molar-refractivity contribution is 5.94. The Morgan fingerprint density at radius 2 is 1.91 bits per heavy atom. The third-order valence-electron chi connectivity index (χ3n) is 3.08. The number of likely N-dealkylation sites (N-methyl/N-ethyl adjacent to an activating group) is 1. The molecule has 5 nitrogen and oxygen atoms in total. The fourth-order valence-electron chi connectivity index (χ4n) is 1.84. The topological polar surface area (TPSA) is 54.5 Å². The summed E-state index contributed by atoms with van der Waals surface area (Å²) in [4.78, 5) is 18.1. The highest BCUT2D eigenvalue weighted by Gasteiger charge is 2.07. The molecule has 0 unspecified atom stereocenters. The third kappa shape index (κ3) is 4.86. The number of ether oxygens (including phenoxy) is 1. The van der Waals surface area contributed by atoms with Gasteiger partial charge in [-0.05, 0) is 39.2 Å². The second kappa shape index (κ2) is 7.56. The molecule has 0 saturated heterocycles. The number of nitrogens with one attached hydrogen (secondary N) is 1. The van der Waals surface area contributed by atoms with Gasteiger partial charge >= 0.3 is 0 Å². The van der Waals surface area contributed by atoms with E-state index in [1.165, 1.54) is 11.8 Å². The molecule has 0 fully saturated rings. The Morgan fingerprint density at radius 1 is 1.18 bits per heavy atom. The van der Waals surface area contributed by atoms with Crippen molar-refractivity contribution in [2.45, 2.75) is 6.92 Å². The number of benzene rings is 1. The fourth-order valence-corrected chi connectivity index (χ4v) is 1.84. The normalized spacial score (nSPS) is 10.5. The van der Waals surface area contributed by atoms with Crippen LogP contribution in [0.3, 0.4) is 0 Å². The van der Waals surface area contributed by atoms with E-state index in [-0.39, 0.29) is 5.91 Å². The van der Waals surface area contributed by atoms with Gasteiger partial charge in [-0.15, -0.1) is 0 Å². The summed E-state index contributed by atoms with van der Waals surface area (Å²) < 4.78 is 5.72. The van der Waals surface area contributed by atoms with Crippen LogP contribution in [0.5, 0.6) is 11.5 Å². The van der Waals surface area contributed by atoms with E-state index < -0.39 is 0 Å². The standard InChI is InChI=1S/C17H21N3O2/c1-13-4-6-15(7-5-13)22-16-10-14(11-18-12-16)17(21)19-8-9-20(2)3/h4-7,10-12H,8-9H2,1-3H3,(H,19,21). The predicted molar refractivity (Wildman–Crippen MR) is 86.4 cm³/mol. The number of rotatable bonds is 6. The van der Waals surface area contributed by atoms with Gasteiger partial charge in [-0.2, -0.15) is 0 Å². The summed E-state index contributed by atoms with van der Waals surface area (Å²) in [5.74, 6) is 1.12. The Labute approximate surface area is 130 Å². The van der Waals surface area contributed by atoms with Gasteiger partial charge < -0.3 is 15.0 Å². The lowest BCUT2D eigenvalue weighted by Crippen LogP contribution is -2.31. The summed E-state index contributed by atoms with van der Waals surface area (Å²) >= 11 is 0. The molecule has 2 rings (SSSR count). The Bertz CT molecular complexity index is 624. The van der Waals surface area contributed by atoms with E-state index in [9.17, 15) is 4.79 Å². The molecule has 1 amide bonds. The molecular formula is C17H21N3O2. The van der Waals surface area contributed by atoms with Crippen molar-refractivity contribution in [3.63, 3.8) is 0 Å². The Morgan fingerprint density at radius 3 is 2.59 bits per heavy atom. The van der Waals surface area contributed by atoms with Crippen LogP contribution in [0.25, 0.3) is 0 Å². The summed E-state index contributed by atoms with van der Waals surface area (Å²) in [5.41, 5.74) is 1.66. The van der Waals surface area contributed by atoms with E-state index >= 15 is 0 Å². The van der Waals surface area contributed by atoms with Gasteiger partial charge in [0.1, 0.15) is 11.5 Å². The second-order valence-corrected chi connectivity index (χ2v) is 5.38. The molecule has 0 aliphatic rings. The van der Waals surface area contributed by atoms with E-state index in [2.05, 4.69) is 10.3 Å².